The van der Waals surface area contributed by atoms with Gasteiger partial charge in [-0.25, -0.2) is 0 Å². The maximum Gasteiger partial charge on any atom is 0.136 e. The molecule has 6 N–H and O–H groups in total. The second kappa shape index (κ2) is 6.50. The molecule has 0 aliphatic heterocycles. The number of nitrogens with two attached hydrogens (primary N) is 2. The van der Waals surface area contributed by atoms with Crippen molar-refractivity contribution >= 4 is 0 Å². The van der Waals surface area contributed by atoms with E-state index in [0.717, 1.165) is 5.56 Å². The van der Waals surface area contributed by atoms with E-state index < -0.39 is 5.72 Å². The maximum absolute atomic E-state index is 9.27. The summed E-state index contributed by atoms with van der Waals surface area (Å²) in [6, 6.07) is 9.16. The molecule has 0 aliphatic rings. The van der Waals surface area contributed by atoms with Crippen molar-refractivity contribution < 1.29 is 10.2 Å². The molecular formula is C10H18N2O2. The molecule has 1 aromatic rings. The topological polar surface area (TPSA) is 92.5 Å². The Morgan fingerprint density at radius 1 is 1.29 bits per heavy atom. The Morgan fingerprint density at radius 3 is 1.93 bits per heavy atom. The van der Waals surface area contributed by atoms with Crippen LogP contribution in [-0.2, 0) is 5.72 Å². The van der Waals surface area contributed by atoms with Gasteiger partial charge in [0.05, 0.1) is 6.61 Å². The van der Waals surface area contributed by atoms with Crippen LogP contribution < -0.4 is 11.5 Å². The summed E-state index contributed by atoms with van der Waals surface area (Å²) in [5.41, 5.74) is 9.71. The molecule has 4 nitrogen and oxygen atoms in total. The zero-order valence-corrected chi connectivity index (χ0v) is 8.35. The molecule has 0 aromatic heterocycles. The van der Waals surface area contributed by atoms with Gasteiger partial charge in [-0.2, -0.15) is 0 Å². The van der Waals surface area contributed by atoms with E-state index in [1.54, 1.807) is 19.1 Å². The van der Waals surface area contributed by atoms with Crippen molar-refractivity contribution in [2.45, 2.75) is 12.6 Å². The highest BCUT2D eigenvalue weighted by Crippen LogP contribution is 2.12. The highest BCUT2D eigenvalue weighted by atomic mass is 16.3. The Hall–Kier alpha value is -0.940. The van der Waals surface area contributed by atoms with Crippen LogP contribution in [-0.4, -0.2) is 23.4 Å². The number of aliphatic hydroxyl groups is 2. The highest BCUT2D eigenvalue weighted by Gasteiger charge is 2.14. The smallest absolute Gasteiger partial charge is 0.136 e. The first-order chi connectivity index (χ1) is 6.52. The summed E-state index contributed by atoms with van der Waals surface area (Å²) in [6.45, 7) is 2.03. The van der Waals surface area contributed by atoms with E-state index in [2.05, 4.69) is 0 Å². The molecule has 1 rings (SSSR count). The maximum atomic E-state index is 9.27. The van der Waals surface area contributed by atoms with Gasteiger partial charge < -0.3 is 21.7 Å². The van der Waals surface area contributed by atoms with E-state index in [4.69, 9.17) is 16.6 Å². The largest absolute Gasteiger partial charge is 0.395 e. The summed E-state index contributed by atoms with van der Waals surface area (Å²) in [7, 11) is 0. The second-order valence-electron chi connectivity index (χ2n) is 3.03. The van der Waals surface area contributed by atoms with Crippen LogP contribution in [0.15, 0.2) is 30.3 Å². The fraction of sp³-hybridized carbons (Fsp3) is 0.400. The zero-order chi connectivity index (χ0) is 11.0. The van der Waals surface area contributed by atoms with Gasteiger partial charge in [0.25, 0.3) is 0 Å². The predicted molar refractivity (Wildman–Crippen MR) is 56.3 cm³/mol. The third kappa shape index (κ3) is 5.66. The van der Waals surface area contributed by atoms with Crippen molar-refractivity contribution in [3.05, 3.63) is 35.9 Å². The lowest BCUT2D eigenvalue weighted by molar-refractivity contribution is 0.0647. The van der Waals surface area contributed by atoms with Gasteiger partial charge in [0, 0.05) is 6.54 Å². The molecule has 0 spiro atoms. The van der Waals surface area contributed by atoms with Crippen molar-refractivity contribution in [1.82, 2.24) is 0 Å². The van der Waals surface area contributed by atoms with Crippen LogP contribution in [0.1, 0.15) is 12.5 Å². The highest BCUT2D eigenvalue weighted by molar-refractivity contribution is 5.19. The van der Waals surface area contributed by atoms with Crippen molar-refractivity contribution in [2.75, 3.05) is 13.2 Å². The van der Waals surface area contributed by atoms with Crippen LogP contribution in [0.4, 0.5) is 0 Å². The zero-order valence-electron chi connectivity index (χ0n) is 8.35. The van der Waals surface area contributed by atoms with Gasteiger partial charge in [0.2, 0.25) is 0 Å². The van der Waals surface area contributed by atoms with E-state index in [1.807, 2.05) is 18.2 Å². The van der Waals surface area contributed by atoms with E-state index in [1.165, 1.54) is 0 Å². The third-order valence-corrected chi connectivity index (χ3v) is 1.49. The molecule has 0 fully saturated rings. The minimum absolute atomic E-state index is 0.0972. The molecule has 1 atom stereocenters. The Bertz CT molecular complexity index is 230. The second-order valence-corrected chi connectivity index (χ2v) is 3.03. The van der Waals surface area contributed by atoms with Gasteiger partial charge in [0.1, 0.15) is 5.72 Å². The van der Waals surface area contributed by atoms with Crippen molar-refractivity contribution in [3.8, 4) is 0 Å². The number of benzene rings is 1. The quantitative estimate of drug-likeness (QED) is 0.493. The average molecular weight is 198 g/mol. The van der Waals surface area contributed by atoms with Crippen molar-refractivity contribution in [3.63, 3.8) is 0 Å². The molecule has 80 valence electrons. The van der Waals surface area contributed by atoms with Gasteiger partial charge in [-0.1, -0.05) is 30.3 Å². The minimum Gasteiger partial charge on any atom is -0.395 e. The SMILES string of the molecule is CC(N)(O)c1ccccc1.NCCO. The Morgan fingerprint density at radius 2 is 1.71 bits per heavy atom. The monoisotopic (exact) mass is 198 g/mol. The van der Waals surface area contributed by atoms with Crippen molar-refractivity contribution in [2.24, 2.45) is 11.5 Å². The molecule has 0 aliphatic carbocycles. The lowest BCUT2D eigenvalue weighted by Gasteiger charge is -2.16. The standard InChI is InChI=1S/C8H11NO.C2H7NO/c1-8(9,10)7-5-3-2-4-6-7;3-1-2-4/h2-6,10H,9H2,1H3;4H,1-3H2. The van der Waals surface area contributed by atoms with Crippen LogP contribution in [0.2, 0.25) is 0 Å². The molecule has 0 saturated carbocycles. The van der Waals surface area contributed by atoms with Gasteiger partial charge in [-0.3, -0.25) is 0 Å². The normalized spacial score (nSPS) is 13.8. The summed E-state index contributed by atoms with van der Waals surface area (Å²) in [6.07, 6.45) is 0. The number of rotatable bonds is 2. The molecule has 0 bridgehead atoms. The Balaban J connectivity index is 0.000000364. The van der Waals surface area contributed by atoms with Gasteiger partial charge in [0.15, 0.2) is 0 Å². The molecular weight excluding hydrogens is 180 g/mol. The summed E-state index contributed by atoms with van der Waals surface area (Å²) in [5, 5.41) is 17.0. The molecule has 0 heterocycles. The first-order valence-corrected chi connectivity index (χ1v) is 4.40. The summed E-state index contributed by atoms with van der Waals surface area (Å²) < 4.78 is 0. The van der Waals surface area contributed by atoms with Gasteiger partial charge in [-0.15, -0.1) is 0 Å². The van der Waals surface area contributed by atoms with Gasteiger partial charge >= 0.3 is 0 Å². The molecule has 0 saturated heterocycles. The first-order valence-electron chi connectivity index (χ1n) is 4.40. The van der Waals surface area contributed by atoms with E-state index in [-0.39, 0.29) is 6.61 Å². The molecule has 1 aromatic carbocycles. The van der Waals surface area contributed by atoms with Crippen molar-refractivity contribution in [1.29, 1.82) is 0 Å². The number of hydrogen-bond donors (Lipinski definition) is 4. The molecule has 1 unspecified atom stereocenters. The summed E-state index contributed by atoms with van der Waals surface area (Å²) in [5.74, 6) is 0. The molecule has 4 heteroatoms. The minimum atomic E-state index is -1.21. The predicted octanol–water partition coefficient (Wildman–Crippen LogP) is -0.252. The van der Waals surface area contributed by atoms with Crippen LogP contribution in [0.5, 0.6) is 0 Å². The van der Waals surface area contributed by atoms with Gasteiger partial charge in [-0.05, 0) is 12.5 Å². The van der Waals surface area contributed by atoms with E-state index in [0.29, 0.717) is 6.54 Å². The molecule has 0 amide bonds. The molecule has 14 heavy (non-hydrogen) atoms. The lowest BCUT2D eigenvalue weighted by atomic mass is 10.1. The Kier molecular flexibility index (Phi) is 6.07. The van der Waals surface area contributed by atoms with Crippen LogP contribution >= 0.6 is 0 Å². The Labute approximate surface area is 84.2 Å². The fourth-order valence-corrected chi connectivity index (χ4v) is 0.776. The third-order valence-electron chi connectivity index (χ3n) is 1.49. The van der Waals surface area contributed by atoms with E-state index in [9.17, 15) is 5.11 Å². The first kappa shape index (κ1) is 13.1. The average Bonchev–Trinajstić information content (AvgIpc) is 2.18. The number of aliphatic hydroxyl groups excluding tert-OH is 1. The van der Waals surface area contributed by atoms with Crippen LogP contribution in [0, 0.1) is 0 Å². The van der Waals surface area contributed by atoms with Crippen LogP contribution in [0.25, 0.3) is 0 Å². The van der Waals surface area contributed by atoms with Crippen LogP contribution in [0.3, 0.4) is 0 Å². The summed E-state index contributed by atoms with van der Waals surface area (Å²) in [4.78, 5) is 0. The fourth-order valence-electron chi connectivity index (χ4n) is 0.776. The lowest BCUT2D eigenvalue weighted by Crippen LogP contribution is -2.31. The molecule has 0 radical (unpaired) electrons. The van der Waals surface area contributed by atoms with E-state index >= 15 is 0 Å². The summed E-state index contributed by atoms with van der Waals surface area (Å²) >= 11 is 0. The number of hydrogen-bond acceptors (Lipinski definition) is 4.